The van der Waals surface area contributed by atoms with E-state index in [4.69, 9.17) is 0 Å². The number of para-hydroxylation sites is 2. The van der Waals surface area contributed by atoms with Crippen LogP contribution in [-0.2, 0) is 12.0 Å². The molecule has 0 radical (unpaired) electrons. The van der Waals surface area contributed by atoms with Gasteiger partial charge in [0.2, 0.25) is 0 Å². The van der Waals surface area contributed by atoms with E-state index in [1.165, 1.54) is 44.1 Å². The Morgan fingerprint density at radius 3 is 1.88 bits per heavy atom. The van der Waals surface area contributed by atoms with Crippen LogP contribution in [0.3, 0.4) is 0 Å². The third-order valence-corrected chi connectivity index (χ3v) is 10.3. The molecule has 0 atom stereocenters. The second-order valence-corrected chi connectivity index (χ2v) is 13.5. The largest absolute Gasteiger partial charge is 0.392 e. The molecule has 8 aromatic rings. The number of benzene rings is 7. The van der Waals surface area contributed by atoms with Gasteiger partial charge in [0, 0.05) is 38.9 Å². The maximum Gasteiger partial charge on any atom is 0.0681 e. The van der Waals surface area contributed by atoms with Gasteiger partial charge in [-0.2, -0.15) is 0 Å². The average Bonchev–Trinajstić information content (AvgIpc) is 3.60. The van der Waals surface area contributed by atoms with Gasteiger partial charge >= 0.3 is 0 Å². The van der Waals surface area contributed by atoms with Crippen LogP contribution in [0.25, 0.3) is 49.7 Å². The minimum absolute atomic E-state index is 0.0468. The van der Waals surface area contributed by atoms with E-state index in [0.29, 0.717) is 0 Å². The smallest absolute Gasteiger partial charge is 0.0681 e. The molecule has 0 saturated heterocycles. The zero-order valence-electron chi connectivity index (χ0n) is 27.6. The number of anilines is 3. The fourth-order valence-electron chi connectivity index (χ4n) is 7.84. The summed E-state index contributed by atoms with van der Waals surface area (Å²) in [5.74, 6) is 0. The van der Waals surface area contributed by atoms with Crippen molar-refractivity contribution in [2.45, 2.75) is 25.9 Å². The Bertz CT molecular complexity index is 2490. The molecule has 1 heterocycles. The molecule has 0 amide bonds. The molecule has 0 bridgehead atoms. The van der Waals surface area contributed by atoms with Crippen LogP contribution < -0.4 is 4.90 Å². The molecule has 7 aromatic carbocycles. The van der Waals surface area contributed by atoms with Gasteiger partial charge in [-0.05, 0) is 99.6 Å². The predicted molar refractivity (Wildman–Crippen MR) is 204 cm³/mol. The summed E-state index contributed by atoms with van der Waals surface area (Å²) in [5.41, 5.74) is 15.3. The van der Waals surface area contributed by atoms with Crippen LogP contribution in [-0.4, -0.2) is 9.67 Å². The highest BCUT2D eigenvalue weighted by Gasteiger charge is 2.35. The first-order chi connectivity index (χ1) is 24.0. The number of hydrogen-bond acceptors (Lipinski definition) is 2. The third-order valence-electron chi connectivity index (χ3n) is 10.3. The number of nitrogens with zero attached hydrogens (tertiary/aromatic N) is 2. The predicted octanol–water partition coefficient (Wildman–Crippen LogP) is 11.7. The molecule has 0 unspecified atom stereocenters. The second-order valence-electron chi connectivity index (χ2n) is 13.5. The van der Waals surface area contributed by atoms with E-state index < -0.39 is 0 Å². The van der Waals surface area contributed by atoms with Gasteiger partial charge < -0.3 is 14.6 Å². The molecule has 3 nitrogen and oxygen atoms in total. The minimum atomic E-state index is -0.106. The monoisotopic (exact) mass is 632 g/mol. The SMILES string of the molecule is CC1(C)c2ccccc2-c2ccc(N(c3ccc(-c4ccc(CO)cc4)cc3)c3ccc4c(c3)c3ccccc3n4-c3ccccc3)cc21. The van der Waals surface area contributed by atoms with E-state index >= 15 is 0 Å². The van der Waals surface area contributed by atoms with Crippen molar-refractivity contribution in [2.24, 2.45) is 0 Å². The molecule has 0 fully saturated rings. The Morgan fingerprint density at radius 1 is 0.510 bits per heavy atom. The van der Waals surface area contributed by atoms with Gasteiger partial charge in [-0.3, -0.25) is 0 Å². The molecule has 0 aliphatic heterocycles. The Balaban J connectivity index is 1.23. The summed E-state index contributed by atoms with van der Waals surface area (Å²) >= 11 is 0. The lowest BCUT2D eigenvalue weighted by atomic mass is 9.82. The van der Waals surface area contributed by atoms with Crippen LogP contribution in [0.5, 0.6) is 0 Å². The molecule has 0 saturated carbocycles. The van der Waals surface area contributed by atoms with Crippen molar-refractivity contribution >= 4 is 38.9 Å². The summed E-state index contributed by atoms with van der Waals surface area (Å²) in [6.45, 7) is 4.73. The van der Waals surface area contributed by atoms with Crippen LogP contribution in [0.1, 0.15) is 30.5 Å². The van der Waals surface area contributed by atoms with Crippen molar-refractivity contribution < 1.29 is 5.11 Å². The fraction of sp³-hybridized carbons (Fsp3) is 0.0870. The molecule has 1 aromatic heterocycles. The number of rotatable bonds is 6. The molecular formula is C46H36N2O. The summed E-state index contributed by atoms with van der Waals surface area (Å²) < 4.78 is 2.37. The van der Waals surface area contributed by atoms with E-state index in [1.54, 1.807) is 0 Å². The Kier molecular flexibility index (Phi) is 6.79. The maximum absolute atomic E-state index is 9.53. The summed E-state index contributed by atoms with van der Waals surface area (Å²) in [6.07, 6.45) is 0. The highest BCUT2D eigenvalue weighted by Crippen LogP contribution is 2.51. The van der Waals surface area contributed by atoms with Crippen molar-refractivity contribution in [3.63, 3.8) is 0 Å². The van der Waals surface area contributed by atoms with Gasteiger partial charge in [0.25, 0.3) is 0 Å². The Hall–Kier alpha value is -5.90. The van der Waals surface area contributed by atoms with E-state index in [2.05, 4.69) is 175 Å². The lowest BCUT2D eigenvalue weighted by Crippen LogP contribution is -2.16. The molecule has 0 spiro atoms. The first-order valence-electron chi connectivity index (χ1n) is 16.9. The molecule has 3 heteroatoms. The van der Waals surface area contributed by atoms with Crippen LogP contribution >= 0.6 is 0 Å². The van der Waals surface area contributed by atoms with E-state index in [1.807, 2.05) is 12.1 Å². The summed E-state index contributed by atoms with van der Waals surface area (Å²) in [6, 6.07) is 59.0. The molecule has 236 valence electrons. The highest BCUT2D eigenvalue weighted by molar-refractivity contribution is 6.10. The van der Waals surface area contributed by atoms with E-state index in [-0.39, 0.29) is 12.0 Å². The molecule has 1 aliphatic rings. The van der Waals surface area contributed by atoms with Crippen molar-refractivity contribution in [3.05, 3.63) is 180 Å². The number of aromatic nitrogens is 1. The normalized spacial score (nSPS) is 13.0. The van der Waals surface area contributed by atoms with Crippen molar-refractivity contribution in [1.82, 2.24) is 4.57 Å². The van der Waals surface area contributed by atoms with Gasteiger partial charge in [-0.1, -0.05) is 117 Å². The lowest BCUT2D eigenvalue weighted by molar-refractivity contribution is 0.282. The zero-order valence-corrected chi connectivity index (χ0v) is 27.6. The average molecular weight is 633 g/mol. The highest BCUT2D eigenvalue weighted by atomic mass is 16.3. The topological polar surface area (TPSA) is 28.4 Å². The first kappa shape index (κ1) is 29.3. The number of fused-ring (bicyclic) bond motifs is 6. The number of aliphatic hydroxyl groups is 1. The molecule has 9 rings (SSSR count). The lowest BCUT2D eigenvalue weighted by Gasteiger charge is -2.28. The van der Waals surface area contributed by atoms with Crippen molar-refractivity contribution in [2.75, 3.05) is 4.90 Å². The molecule has 49 heavy (non-hydrogen) atoms. The van der Waals surface area contributed by atoms with Gasteiger partial charge in [0.1, 0.15) is 0 Å². The standard InChI is InChI=1S/C46H36N2O/c1-46(2)42-14-8-6-12-38(42)39-26-24-37(29-43(39)46)47(35-22-20-33(21-23-35)32-18-16-31(30-49)17-19-32)36-25-27-45-41(28-36)40-13-7-9-15-44(40)48(45)34-10-4-3-5-11-34/h3-29,49H,30H2,1-2H3. The van der Waals surface area contributed by atoms with E-state index in [9.17, 15) is 5.11 Å². The second kappa shape index (κ2) is 11.4. The maximum atomic E-state index is 9.53. The van der Waals surface area contributed by atoms with E-state index in [0.717, 1.165) is 39.4 Å². The first-order valence-corrected chi connectivity index (χ1v) is 16.9. The Morgan fingerprint density at radius 2 is 1.10 bits per heavy atom. The van der Waals surface area contributed by atoms with Gasteiger partial charge in [0.15, 0.2) is 0 Å². The van der Waals surface area contributed by atoms with Crippen LogP contribution in [0.2, 0.25) is 0 Å². The third kappa shape index (κ3) is 4.69. The Labute approximate surface area is 287 Å². The molecular weight excluding hydrogens is 597 g/mol. The summed E-state index contributed by atoms with van der Waals surface area (Å²) in [5, 5.41) is 12.0. The van der Waals surface area contributed by atoms with Crippen LogP contribution in [0.15, 0.2) is 164 Å². The van der Waals surface area contributed by atoms with Gasteiger partial charge in [-0.15, -0.1) is 0 Å². The van der Waals surface area contributed by atoms with Crippen LogP contribution in [0.4, 0.5) is 17.1 Å². The van der Waals surface area contributed by atoms with Gasteiger partial charge in [0.05, 0.1) is 17.6 Å². The number of hydrogen-bond donors (Lipinski definition) is 1. The van der Waals surface area contributed by atoms with Crippen molar-refractivity contribution in [3.8, 4) is 27.9 Å². The summed E-state index contributed by atoms with van der Waals surface area (Å²) in [4.78, 5) is 2.39. The minimum Gasteiger partial charge on any atom is -0.392 e. The van der Waals surface area contributed by atoms with Crippen molar-refractivity contribution in [1.29, 1.82) is 0 Å². The number of aliphatic hydroxyl groups excluding tert-OH is 1. The molecule has 1 N–H and O–H groups in total. The van der Waals surface area contributed by atoms with Crippen LogP contribution in [0, 0.1) is 0 Å². The molecule has 1 aliphatic carbocycles. The summed E-state index contributed by atoms with van der Waals surface area (Å²) in [7, 11) is 0. The fourth-order valence-corrected chi connectivity index (χ4v) is 7.84. The quantitative estimate of drug-likeness (QED) is 0.198. The van der Waals surface area contributed by atoms with Gasteiger partial charge in [-0.25, -0.2) is 0 Å². The zero-order chi connectivity index (χ0) is 33.1.